The van der Waals surface area contributed by atoms with E-state index < -0.39 is 5.97 Å². The number of thiophene rings is 1. The molecule has 0 saturated carbocycles. The smallest absolute Gasteiger partial charge is 0.305 e. The van der Waals surface area contributed by atoms with Crippen LogP contribution < -0.4 is 4.90 Å². The van der Waals surface area contributed by atoms with Gasteiger partial charge in [-0.1, -0.05) is 6.07 Å². The van der Waals surface area contributed by atoms with Gasteiger partial charge < -0.3 is 10.0 Å². The lowest BCUT2D eigenvalue weighted by molar-refractivity contribution is -0.136. The van der Waals surface area contributed by atoms with E-state index in [1.807, 2.05) is 35.5 Å². The van der Waals surface area contributed by atoms with Gasteiger partial charge in [0.15, 0.2) is 0 Å². The number of nitrogens with zero attached hydrogens (tertiary/aromatic N) is 3. The maximum Gasteiger partial charge on any atom is 0.305 e. The summed E-state index contributed by atoms with van der Waals surface area (Å²) in [7, 11) is 1.82. The van der Waals surface area contributed by atoms with Crippen molar-refractivity contribution in [2.45, 2.75) is 6.42 Å². The largest absolute Gasteiger partial charge is 0.481 e. The van der Waals surface area contributed by atoms with Crippen LogP contribution in [0.2, 0.25) is 0 Å². The summed E-state index contributed by atoms with van der Waals surface area (Å²) in [6.07, 6.45) is 1.59. The molecule has 0 unspecified atom stereocenters. The SMILES string of the molecule is CN(CCC(=O)O)c1cc(-c2cccs2)ncn1. The lowest BCUT2D eigenvalue weighted by atomic mass is 10.3. The summed E-state index contributed by atoms with van der Waals surface area (Å²) in [5, 5.41) is 10.6. The summed E-state index contributed by atoms with van der Waals surface area (Å²) in [6.45, 7) is 0.427. The molecule has 2 heterocycles. The number of hydrogen-bond acceptors (Lipinski definition) is 5. The van der Waals surface area contributed by atoms with Crippen molar-refractivity contribution in [2.75, 3.05) is 18.5 Å². The van der Waals surface area contributed by atoms with Gasteiger partial charge in [-0.3, -0.25) is 4.79 Å². The number of carbonyl (C=O) groups is 1. The standard InChI is InChI=1S/C12H13N3O2S/c1-15(5-4-12(16)17)11-7-9(13-8-14-11)10-3-2-6-18-10/h2-3,6-8H,4-5H2,1H3,(H,16,17). The summed E-state index contributed by atoms with van der Waals surface area (Å²) in [5.41, 5.74) is 0.858. The van der Waals surface area contributed by atoms with Crippen molar-refractivity contribution in [2.24, 2.45) is 0 Å². The lowest BCUT2D eigenvalue weighted by Gasteiger charge is -2.16. The number of carboxylic acids is 1. The quantitative estimate of drug-likeness (QED) is 0.895. The molecule has 6 heteroatoms. The van der Waals surface area contributed by atoms with Crippen molar-refractivity contribution >= 4 is 23.1 Å². The van der Waals surface area contributed by atoms with Gasteiger partial charge in [0, 0.05) is 19.7 Å². The molecule has 5 nitrogen and oxygen atoms in total. The van der Waals surface area contributed by atoms with Gasteiger partial charge in [0.05, 0.1) is 17.0 Å². The fraction of sp³-hybridized carbons (Fsp3) is 0.250. The van der Waals surface area contributed by atoms with E-state index in [4.69, 9.17) is 5.11 Å². The Balaban J connectivity index is 2.14. The number of carboxylic acid groups (broad SMARTS) is 1. The Bertz CT molecular complexity index is 528. The Kier molecular flexibility index (Phi) is 3.88. The number of aliphatic carboxylic acids is 1. The molecule has 2 aromatic heterocycles. The second-order valence-electron chi connectivity index (χ2n) is 3.80. The van der Waals surface area contributed by atoms with Crippen molar-refractivity contribution in [3.05, 3.63) is 29.9 Å². The van der Waals surface area contributed by atoms with Gasteiger partial charge in [-0.15, -0.1) is 11.3 Å². The van der Waals surface area contributed by atoms with Crippen LogP contribution in [0.5, 0.6) is 0 Å². The predicted octanol–water partition coefficient (Wildman–Crippen LogP) is 2.12. The molecule has 1 N–H and O–H groups in total. The summed E-state index contributed by atoms with van der Waals surface area (Å²) in [5.74, 6) is -0.0796. The Morgan fingerprint density at radius 2 is 2.33 bits per heavy atom. The minimum absolute atomic E-state index is 0.0921. The highest BCUT2D eigenvalue weighted by Gasteiger charge is 2.08. The first-order chi connectivity index (χ1) is 8.66. The van der Waals surface area contributed by atoms with E-state index in [0.717, 1.165) is 16.4 Å². The van der Waals surface area contributed by atoms with Gasteiger partial charge >= 0.3 is 5.97 Å². The van der Waals surface area contributed by atoms with E-state index in [1.165, 1.54) is 6.33 Å². The molecular weight excluding hydrogens is 250 g/mol. The minimum Gasteiger partial charge on any atom is -0.481 e. The molecule has 18 heavy (non-hydrogen) atoms. The third-order valence-corrected chi connectivity index (χ3v) is 3.37. The molecule has 0 fully saturated rings. The highest BCUT2D eigenvalue weighted by atomic mass is 32.1. The van der Waals surface area contributed by atoms with Crippen LogP contribution in [0, 0.1) is 0 Å². The number of rotatable bonds is 5. The molecule has 0 spiro atoms. The second-order valence-corrected chi connectivity index (χ2v) is 4.75. The van der Waals surface area contributed by atoms with Gasteiger partial charge in [-0.2, -0.15) is 0 Å². The molecule has 0 atom stereocenters. The molecule has 0 aliphatic heterocycles. The molecule has 94 valence electrons. The third-order valence-electron chi connectivity index (χ3n) is 2.48. The molecule has 0 aliphatic carbocycles. The Morgan fingerprint density at radius 1 is 1.50 bits per heavy atom. The number of anilines is 1. The van der Waals surface area contributed by atoms with E-state index >= 15 is 0 Å². The first-order valence-corrected chi connectivity index (χ1v) is 6.33. The molecule has 2 rings (SSSR count). The normalized spacial score (nSPS) is 10.3. The van der Waals surface area contributed by atoms with Crippen molar-refractivity contribution < 1.29 is 9.90 Å². The van der Waals surface area contributed by atoms with Crippen molar-refractivity contribution in [3.8, 4) is 10.6 Å². The van der Waals surface area contributed by atoms with Crippen LogP contribution in [-0.2, 0) is 4.79 Å². The number of aromatic nitrogens is 2. The first-order valence-electron chi connectivity index (χ1n) is 5.45. The molecule has 0 bridgehead atoms. The lowest BCUT2D eigenvalue weighted by Crippen LogP contribution is -2.22. The monoisotopic (exact) mass is 263 g/mol. The second kappa shape index (κ2) is 5.59. The highest BCUT2D eigenvalue weighted by Crippen LogP contribution is 2.24. The van der Waals surface area contributed by atoms with Gasteiger partial charge in [0.25, 0.3) is 0 Å². The first kappa shape index (κ1) is 12.5. The van der Waals surface area contributed by atoms with E-state index in [0.29, 0.717) is 6.54 Å². The topological polar surface area (TPSA) is 66.3 Å². The zero-order valence-electron chi connectivity index (χ0n) is 9.91. The van der Waals surface area contributed by atoms with Gasteiger partial charge in [0.1, 0.15) is 12.1 Å². The zero-order chi connectivity index (χ0) is 13.0. The predicted molar refractivity (Wildman–Crippen MR) is 70.9 cm³/mol. The summed E-state index contributed by atoms with van der Waals surface area (Å²) in [6, 6.07) is 5.83. The molecule has 2 aromatic rings. The maximum absolute atomic E-state index is 10.5. The van der Waals surface area contributed by atoms with Crippen molar-refractivity contribution in [1.29, 1.82) is 0 Å². The Morgan fingerprint density at radius 3 is 3.00 bits per heavy atom. The summed E-state index contributed by atoms with van der Waals surface area (Å²) < 4.78 is 0. The van der Waals surface area contributed by atoms with Gasteiger partial charge in [-0.05, 0) is 11.4 Å². The third kappa shape index (κ3) is 3.04. The Labute approximate surface area is 109 Å². The van der Waals surface area contributed by atoms with Crippen LogP contribution in [0.25, 0.3) is 10.6 Å². The minimum atomic E-state index is -0.811. The highest BCUT2D eigenvalue weighted by molar-refractivity contribution is 7.13. The van der Waals surface area contributed by atoms with E-state index in [1.54, 1.807) is 11.3 Å². The van der Waals surface area contributed by atoms with Gasteiger partial charge in [0.2, 0.25) is 0 Å². The average molecular weight is 263 g/mol. The average Bonchev–Trinajstić information content (AvgIpc) is 2.90. The van der Waals surface area contributed by atoms with Crippen LogP contribution >= 0.6 is 11.3 Å². The van der Waals surface area contributed by atoms with Crippen LogP contribution in [0.3, 0.4) is 0 Å². The van der Waals surface area contributed by atoms with E-state index in [-0.39, 0.29) is 6.42 Å². The molecule has 0 aromatic carbocycles. The Hall–Kier alpha value is -1.95. The van der Waals surface area contributed by atoms with Crippen molar-refractivity contribution in [1.82, 2.24) is 9.97 Å². The summed E-state index contributed by atoms with van der Waals surface area (Å²) >= 11 is 1.61. The molecule has 0 saturated heterocycles. The number of hydrogen-bond donors (Lipinski definition) is 1. The molecular formula is C12H13N3O2S. The van der Waals surface area contributed by atoms with Crippen LogP contribution in [0.4, 0.5) is 5.82 Å². The zero-order valence-corrected chi connectivity index (χ0v) is 10.7. The fourth-order valence-corrected chi connectivity index (χ4v) is 2.19. The molecule has 0 aliphatic rings. The summed E-state index contributed by atoms with van der Waals surface area (Å²) in [4.78, 5) is 21.8. The van der Waals surface area contributed by atoms with Crippen molar-refractivity contribution in [3.63, 3.8) is 0 Å². The molecule has 0 amide bonds. The van der Waals surface area contributed by atoms with Crippen LogP contribution in [0.1, 0.15) is 6.42 Å². The van der Waals surface area contributed by atoms with E-state index in [9.17, 15) is 4.79 Å². The van der Waals surface area contributed by atoms with Crippen LogP contribution in [-0.4, -0.2) is 34.6 Å². The fourth-order valence-electron chi connectivity index (χ4n) is 1.49. The maximum atomic E-state index is 10.5. The van der Waals surface area contributed by atoms with Crippen LogP contribution in [0.15, 0.2) is 29.9 Å². The molecule has 0 radical (unpaired) electrons. The van der Waals surface area contributed by atoms with E-state index in [2.05, 4.69) is 9.97 Å². The van der Waals surface area contributed by atoms with Gasteiger partial charge in [-0.25, -0.2) is 9.97 Å².